The summed E-state index contributed by atoms with van der Waals surface area (Å²) in [7, 11) is 0. The highest BCUT2D eigenvalue weighted by molar-refractivity contribution is 6.40. The van der Waals surface area contributed by atoms with Gasteiger partial charge in [0.1, 0.15) is 0 Å². The maximum Gasteiger partial charge on any atom is 0.315 e. The molecule has 0 aromatic heterocycles. The van der Waals surface area contributed by atoms with Crippen molar-refractivity contribution < 1.29 is 14.4 Å². The maximum absolute atomic E-state index is 12.6. The van der Waals surface area contributed by atoms with Crippen LogP contribution in [0, 0.1) is 0 Å². The first-order valence-electron chi connectivity index (χ1n) is 11.7. The van der Waals surface area contributed by atoms with Gasteiger partial charge in [0.05, 0.1) is 28.1 Å². The van der Waals surface area contributed by atoms with Crippen molar-refractivity contribution in [1.82, 2.24) is 16.0 Å². The maximum atomic E-state index is 12.6. The number of amides is 4. The molecule has 4 amide bonds. The standard InChI is InChI=1S/C27H25Cl3N4O3/c28-18-6-3-4-16(12-18)13-24(35)33-19-14-21(29)25(22(30)15-19)26(36)31-10-11-32-27(37)34-23-9-8-17-5-1-2-7-20(17)23/h1-7,12,14-15,23H,8-11,13H2,(H,31,36)(H,33,35)(H2,32,34,37)/t23-/m1/s1. The van der Waals surface area contributed by atoms with Crippen molar-refractivity contribution in [3.05, 3.63) is 98.0 Å². The van der Waals surface area contributed by atoms with Gasteiger partial charge >= 0.3 is 6.03 Å². The van der Waals surface area contributed by atoms with Crippen LogP contribution in [0.15, 0.2) is 60.7 Å². The van der Waals surface area contributed by atoms with E-state index in [1.807, 2.05) is 18.2 Å². The van der Waals surface area contributed by atoms with Crippen LogP contribution in [-0.4, -0.2) is 30.9 Å². The number of carbonyl (C=O) groups excluding carboxylic acids is 3. The Morgan fingerprint density at radius 1 is 0.865 bits per heavy atom. The number of benzene rings is 3. The van der Waals surface area contributed by atoms with Crippen molar-refractivity contribution in [1.29, 1.82) is 0 Å². The van der Waals surface area contributed by atoms with E-state index in [0.717, 1.165) is 24.0 Å². The molecule has 0 fully saturated rings. The highest BCUT2D eigenvalue weighted by Crippen LogP contribution is 2.31. The molecule has 1 aliphatic rings. The molecule has 0 saturated heterocycles. The van der Waals surface area contributed by atoms with Crippen LogP contribution in [0.2, 0.25) is 15.1 Å². The van der Waals surface area contributed by atoms with Crippen LogP contribution >= 0.6 is 34.8 Å². The fraction of sp³-hybridized carbons (Fsp3) is 0.222. The molecule has 3 aromatic carbocycles. The molecular formula is C27H25Cl3N4O3. The molecule has 0 heterocycles. The van der Waals surface area contributed by atoms with E-state index in [1.54, 1.807) is 24.3 Å². The van der Waals surface area contributed by atoms with Gasteiger partial charge in [-0.15, -0.1) is 0 Å². The lowest BCUT2D eigenvalue weighted by Crippen LogP contribution is -2.41. The molecule has 0 bridgehead atoms. The smallest absolute Gasteiger partial charge is 0.315 e. The average Bonchev–Trinajstić information content (AvgIpc) is 3.24. The van der Waals surface area contributed by atoms with E-state index in [2.05, 4.69) is 27.3 Å². The van der Waals surface area contributed by atoms with Crippen LogP contribution in [0.1, 0.15) is 39.5 Å². The van der Waals surface area contributed by atoms with Crippen LogP contribution in [-0.2, 0) is 17.6 Å². The molecule has 0 saturated carbocycles. The van der Waals surface area contributed by atoms with E-state index in [9.17, 15) is 14.4 Å². The third-order valence-corrected chi connectivity index (χ3v) is 6.77. The van der Waals surface area contributed by atoms with Gasteiger partial charge < -0.3 is 21.3 Å². The Labute approximate surface area is 229 Å². The molecule has 7 nitrogen and oxygen atoms in total. The number of anilines is 1. The number of urea groups is 1. The SMILES string of the molecule is O=C(Cc1cccc(Cl)c1)Nc1cc(Cl)c(C(=O)NCCNC(=O)N[C@@H]2CCc3ccccc32)c(Cl)c1. The fourth-order valence-electron chi connectivity index (χ4n) is 4.26. The Balaban J connectivity index is 1.24. The normalized spacial score (nSPS) is 14.0. The zero-order valence-electron chi connectivity index (χ0n) is 19.7. The van der Waals surface area contributed by atoms with E-state index in [0.29, 0.717) is 10.7 Å². The molecular weight excluding hydrogens is 535 g/mol. The van der Waals surface area contributed by atoms with Gasteiger partial charge in [0.15, 0.2) is 0 Å². The number of hydrogen-bond donors (Lipinski definition) is 4. The first kappa shape index (κ1) is 26.8. The Morgan fingerprint density at radius 2 is 1.59 bits per heavy atom. The molecule has 1 atom stereocenters. The molecule has 4 N–H and O–H groups in total. The summed E-state index contributed by atoms with van der Waals surface area (Å²) < 4.78 is 0. The second kappa shape index (κ2) is 12.3. The minimum atomic E-state index is -0.487. The lowest BCUT2D eigenvalue weighted by molar-refractivity contribution is -0.115. The van der Waals surface area contributed by atoms with Crippen molar-refractivity contribution in [2.24, 2.45) is 0 Å². The molecule has 4 rings (SSSR count). The van der Waals surface area contributed by atoms with Crippen molar-refractivity contribution in [2.75, 3.05) is 18.4 Å². The van der Waals surface area contributed by atoms with Crippen molar-refractivity contribution in [3.8, 4) is 0 Å². The minimum absolute atomic E-state index is 0.0205. The van der Waals surface area contributed by atoms with Gasteiger partial charge in [-0.25, -0.2) is 4.79 Å². The van der Waals surface area contributed by atoms with Gasteiger partial charge in [0, 0.05) is 23.8 Å². The van der Waals surface area contributed by atoms with Crippen LogP contribution in [0.5, 0.6) is 0 Å². The second-order valence-electron chi connectivity index (χ2n) is 8.62. The Morgan fingerprint density at radius 3 is 2.35 bits per heavy atom. The summed E-state index contributed by atoms with van der Waals surface area (Å²) in [5.41, 5.74) is 3.60. The largest absolute Gasteiger partial charge is 0.350 e. The number of rotatable bonds is 8. The third kappa shape index (κ3) is 7.16. The minimum Gasteiger partial charge on any atom is -0.350 e. The lowest BCUT2D eigenvalue weighted by atomic mass is 10.1. The summed E-state index contributed by atoms with van der Waals surface area (Å²) in [6.07, 6.45) is 1.91. The number of fused-ring (bicyclic) bond motifs is 1. The van der Waals surface area contributed by atoms with E-state index >= 15 is 0 Å². The first-order valence-corrected chi connectivity index (χ1v) is 12.9. The predicted octanol–water partition coefficient (Wildman–Crippen LogP) is 5.54. The van der Waals surface area contributed by atoms with Crippen LogP contribution in [0.4, 0.5) is 10.5 Å². The van der Waals surface area contributed by atoms with Gasteiger partial charge in [-0.05, 0) is 53.8 Å². The van der Waals surface area contributed by atoms with Crippen molar-refractivity contribution in [2.45, 2.75) is 25.3 Å². The molecule has 0 radical (unpaired) electrons. The Hall–Kier alpha value is -3.26. The van der Waals surface area contributed by atoms with Gasteiger partial charge in [-0.2, -0.15) is 0 Å². The number of nitrogens with one attached hydrogen (secondary N) is 4. The molecule has 192 valence electrons. The average molecular weight is 560 g/mol. The highest BCUT2D eigenvalue weighted by Gasteiger charge is 2.23. The quantitative estimate of drug-likeness (QED) is 0.273. The number of hydrogen-bond acceptors (Lipinski definition) is 3. The zero-order valence-corrected chi connectivity index (χ0v) is 22.0. The molecule has 0 unspecified atom stereocenters. The van der Waals surface area contributed by atoms with Gasteiger partial charge in [0.2, 0.25) is 5.91 Å². The molecule has 1 aliphatic carbocycles. The second-order valence-corrected chi connectivity index (χ2v) is 9.87. The summed E-state index contributed by atoms with van der Waals surface area (Å²) in [4.78, 5) is 37.3. The molecule has 37 heavy (non-hydrogen) atoms. The fourth-order valence-corrected chi connectivity index (χ4v) is 5.13. The molecule has 3 aromatic rings. The number of carbonyl (C=O) groups is 3. The monoisotopic (exact) mass is 558 g/mol. The Bertz CT molecular complexity index is 1310. The van der Waals surface area contributed by atoms with E-state index < -0.39 is 5.91 Å². The zero-order chi connectivity index (χ0) is 26.4. The van der Waals surface area contributed by atoms with Gasteiger partial charge in [-0.3, -0.25) is 9.59 Å². The highest BCUT2D eigenvalue weighted by atomic mass is 35.5. The summed E-state index contributed by atoms with van der Waals surface area (Å²) >= 11 is 18.6. The molecule has 0 spiro atoms. The van der Waals surface area contributed by atoms with Crippen LogP contribution < -0.4 is 21.3 Å². The van der Waals surface area contributed by atoms with E-state index in [1.165, 1.54) is 17.7 Å². The van der Waals surface area contributed by atoms with Crippen LogP contribution in [0.25, 0.3) is 0 Å². The van der Waals surface area contributed by atoms with Crippen molar-refractivity contribution >= 4 is 58.3 Å². The molecule has 0 aliphatic heterocycles. The van der Waals surface area contributed by atoms with Gasteiger partial charge in [0.25, 0.3) is 5.91 Å². The molecule has 10 heteroatoms. The Kier molecular flexibility index (Phi) is 8.92. The summed E-state index contributed by atoms with van der Waals surface area (Å²) in [6, 6.07) is 17.7. The number of halogens is 3. The lowest BCUT2D eigenvalue weighted by Gasteiger charge is -2.15. The summed E-state index contributed by atoms with van der Waals surface area (Å²) in [5, 5.41) is 11.9. The van der Waals surface area contributed by atoms with Gasteiger partial charge in [-0.1, -0.05) is 71.2 Å². The number of aryl methyl sites for hydroxylation is 1. The topological polar surface area (TPSA) is 99.3 Å². The summed E-state index contributed by atoms with van der Waals surface area (Å²) in [6.45, 7) is 0.400. The van der Waals surface area contributed by atoms with Crippen LogP contribution in [0.3, 0.4) is 0 Å². The first-order chi connectivity index (χ1) is 17.8. The summed E-state index contributed by atoms with van der Waals surface area (Å²) in [5.74, 6) is -0.768. The van der Waals surface area contributed by atoms with E-state index in [-0.39, 0.29) is 53.1 Å². The predicted molar refractivity (Wildman–Crippen MR) is 147 cm³/mol. The van der Waals surface area contributed by atoms with E-state index in [4.69, 9.17) is 34.8 Å². The third-order valence-electron chi connectivity index (χ3n) is 5.94. The van der Waals surface area contributed by atoms with Crippen molar-refractivity contribution in [3.63, 3.8) is 0 Å².